The highest BCUT2D eigenvalue weighted by atomic mass is 15.2. The van der Waals surface area contributed by atoms with E-state index in [-0.39, 0.29) is 0 Å². The van der Waals surface area contributed by atoms with Crippen molar-refractivity contribution in [2.75, 3.05) is 13.1 Å². The van der Waals surface area contributed by atoms with E-state index in [0.717, 1.165) is 18.9 Å². The molecule has 2 aliphatic rings. The molecule has 0 spiro atoms. The lowest BCUT2D eigenvalue weighted by Crippen LogP contribution is -2.52. The summed E-state index contributed by atoms with van der Waals surface area (Å²) in [7, 11) is 0. The van der Waals surface area contributed by atoms with Crippen molar-refractivity contribution in [1.29, 1.82) is 0 Å². The minimum absolute atomic E-state index is 0.335. The molecule has 1 aromatic carbocycles. The zero-order valence-electron chi connectivity index (χ0n) is 12.0. The Balaban J connectivity index is 1.70. The van der Waals surface area contributed by atoms with E-state index in [0.29, 0.717) is 18.0 Å². The molecule has 3 rings (SSSR count). The molecule has 1 saturated heterocycles. The SMILES string of the molecule is CC(C1CCC1)N1CC(N)CC(c2ccccc2)C1. The van der Waals surface area contributed by atoms with Gasteiger partial charge < -0.3 is 5.73 Å². The fourth-order valence-corrected chi connectivity index (χ4v) is 3.69. The second kappa shape index (κ2) is 5.64. The first kappa shape index (κ1) is 13.1. The van der Waals surface area contributed by atoms with Crippen molar-refractivity contribution in [2.24, 2.45) is 11.7 Å². The Morgan fingerprint density at radius 1 is 1.16 bits per heavy atom. The second-order valence-electron chi connectivity index (χ2n) is 6.49. The van der Waals surface area contributed by atoms with Gasteiger partial charge in [0.05, 0.1) is 0 Å². The number of likely N-dealkylation sites (tertiary alicyclic amines) is 1. The van der Waals surface area contributed by atoms with E-state index in [4.69, 9.17) is 5.73 Å². The van der Waals surface area contributed by atoms with Crippen LogP contribution in [-0.2, 0) is 0 Å². The van der Waals surface area contributed by atoms with Crippen molar-refractivity contribution in [1.82, 2.24) is 4.90 Å². The van der Waals surface area contributed by atoms with Gasteiger partial charge in [0.2, 0.25) is 0 Å². The third kappa shape index (κ3) is 2.85. The molecule has 2 heteroatoms. The maximum atomic E-state index is 6.31. The Kier molecular flexibility index (Phi) is 3.90. The van der Waals surface area contributed by atoms with Gasteiger partial charge in [0, 0.05) is 25.2 Å². The van der Waals surface area contributed by atoms with Crippen LogP contribution in [0.25, 0.3) is 0 Å². The fourth-order valence-electron chi connectivity index (χ4n) is 3.69. The Morgan fingerprint density at radius 3 is 2.53 bits per heavy atom. The van der Waals surface area contributed by atoms with Gasteiger partial charge in [-0.25, -0.2) is 0 Å². The number of piperidine rings is 1. The average molecular weight is 258 g/mol. The predicted molar refractivity (Wildman–Crippen MR) is 80.2 cm³/mol. The number of benzene rings is 1. The molecule has 19 heavy (non-hydrogen) atoms. The number of hydrogen-bond donors (Lipinski definition) is 1. The van der Waals surface area contributed by atoms with Crippen LogP contribution >= 0.6 is 0 Å². The third-order valence-electron chi connectivity index (χ3n) is 5.19. The van der Waals surface area contributed by atoms with Crippen LogP contribution in [0.2, 0.25) is 0 Å². The van der Waals surface area contributed by atoms with Gasteiger partial charge in [0.25, 0.3) is 0 Å². The first-order chi connectivity index (χ1) is 9.24. The van der Waals surface area contributed by atoms with Gasteiger partial charge in [-0.3, -0.25) is 4.90 Å². The van der Waals surface area contributed by atoms with Crippen molar-refractivity contribution in [3.8, 4) is 0 Å². The molecule has 0 amide bonds. The Morgan fingerprint density at radius 2 is 1.89 bits per heavy atom. The number of nitrogens with zero attached hydrogens (tertiary/aromatic N) is 1. The molecule has 2 N–H and O–H groups in total. The maximum absolute atomic E-state index is 6.31. The van der Waals surface area contributed by atoms with Gasteiger partial charge >= 0.3 is 0 Å². The molecule has 3 atom stereocenters. The van der Waals surface area contributed by atoms with Crippen LogP contribution in [-0.4, -0.2) is 30.1 Å². The highest BCUT2D eigenvalue weighted by molar-refractivity contribution is 5.21. The first-order valence-electron chi connectivity index (χ1n) is 7.78. The molecule has 2 nitrogen and oxygen atoms in total. The summed E-state index contributed by atoms with van der Waals surface area (Å²) in [6.07, 6.45) is 5.40. The van der Waals surface area contributed by atoms with Crippen LogP contribution in [0.15, 0.2) is 30.3 Å². The quantitative estimate of drug-likeness (QED) is 0.903. The van der Waals surface area contributed by atoms with Gasteiger partial charge in [-0.1, -0.05) is 36.8 Å². The molecular formula is C17H26N2. The van der Waals surface area contributed by atoms with E-state index in [1.165, 1.54) is 31.4 Å². The van der Waals surface area contributed by atoms with Crippen LogP contribution in [0.4, 0.5) is 0 Å². The van der Waals surface area contributed by atoms with Crippen LogP contribution in [0, 0.1) is 5.92 Å². The average Bonchev–Trinajstić information content (AvgIpc) is 2.37. The van der Waals surface area contributed by atoms with Gasteiger partial charge in [0.1, 0.15) is 0 Å². The highest BCUT2D eigenvalue weighted by Crippen LogP contribution is 2.35. The molecule has 2 fully saturated rings. The van der Waals surface area contributed by atoms with Crippen molar-refractivity contribution < 1.29 is 0 Å². The maximum Gasteiger partial charge on any atom is 0.0174 e. The second-order valence-corrected chi connectivity index (χ2v) is 6.49. The lowest BCUT2D eigenvalue weighted by Gasteiger charge is -2.45. The van der Waals surface area contributed by atoms with Gasteiger partial charge in [-0.2, -0.15) is 0 Å². The molecule has 1 aromatic rings. The largest absolute Gasteiger partial charge is 0.327 e. The minimum Gasteiger partial charge on any atom is -0.327 e. The number of rotatable bonds is 3. The third-order valence-corrected chi connectivity index (χ3v) is 5.19. The number of hydrogen-bond acceptors (Lipinski definition) is 2. The predicted octanol–water partition coefficient (Wildman–Crippen LogP) is 2.99. The van der Waals surface area contributed by atoms with Crippen molar-refractivity contribution in [3.05, 3.63) is 35.9 Å². The molecule has 3 unspecified atom stereocenters. The molecule has 1 saturated carbocycles. The van der Waals surface area contributed by atoms with Crippen molar-refractivity contribution in [2.45, 2.75) is 50.6 Å². The van der Waals surface area contributed by atoms with E-state index >= 15 is 0 Å². The highest BCUT2D eigenvalue weighted by Gasteiger charge is 2.33. The molecule has 0 bridgehead atoms. The topological polar surface area (TPSA) is 29.3 Å². The smallest absolute Gasteiger partial charge is 0.0174 e. The van der Waals surface area contributed by atoms with E-state index in [9.17, 15) is 0 Å². The summed E-state index contributed by atoms with van der Waals surface area (Å²) in [5.74, 6) is 1.54. The first-order valence-corrected chi connectivity index (χ1v) is 7.78. The minimum atomic E-state index is 0.335. The molecule has 0 radical (unpaired) electrons. The van der Waals surface area contributed by atoms with E-state index in [1.807, 2.05) is 0 Å². The summed E-state index contributed by atoms with van der Waals surface area (Å²) in [5.41, 5.74) is 7.77. The van der Waals surface area contributed by atoms with E-state index in [2.05, 4.69) is 42.2 Å². The van der Waals surface area contributed by atoms with Gasteiger partial charge in [-0.15, -0.1) is 0 Å². The number of nitrogens with two attached hydrogens (primary N) is 1. The van der Waals surface area contributed by atoms with Crippen LogP contribution in [0.3, 0.4) is 0 Å². The van der Waals surface area contributed by atoms with Gasteiger partial charge in [-0.05, 0) is 43.6 Å². The van der Waals surface area contributed by atoms with Crippen molar-refractivity contribution in [3.63, 3.8) is 0 Å². The summed E-state index contributed by atoms with van der Waals surface area (Å²) in [5, 5.41) is 0. The summed E-state index contributed by atoms with van der Waals surface area (Å²) in [6.45, 7) is 4.68. The Hall–Kier alpha value is -0.860. The standard InChI is InChI=1S/C17H26N2/c1-13(14-8-5-9-14)19-11-16(10-17(18)12-19)15-6-3-2-4-7-15/h2-4,6-7,13-14,16-17H,5,8-12,18H2,1H3. The van der Waals surface area contributed by atoms with E-state index in [1.54, 1.807) is 0 Å². The van der Waals surface area contributed by atoms with Crippen LogP contribution in [0.5, 0.6) is 0 Å². The van der Waals surface area contributed by atoms with Gasteiger partial charge in [0.15, 0.2) is 0 Å². The lowest BCUT2D eigenvalue weighted by atomic mass is 9.78. The molecule has 104 valence electrons. The Labute approximate surface area is 117 Å². The molecular weight excluding hydrogens is 232 g/mol. The lowest BCUT2D eigenvalue weighted by molar-refractivity contribution is 0.0738. The summed E-state index contributed by atoms with van der Waals surface area (Å²) in [6, 6.07) is 12.0. The normalized spacial score (nSPS) is 30.8. The van der Waals surface area contributed by atoms with E-state index < -0.39 is 0 Å². The summed E-state index contributed by atoms with van der Waals surface area (Å²) < 4.78 is 0. The van der Waals surface area contributed by atoms with Crippen LogP contribution in [0.1, 0.15) is 44.1 Å². The summed E-state index contributed by atoms with van der Waals surface area (Å²) >= 11 is 0. The molecule has 0 aromatic heterocycles. The zero-order valence-corrected chi connectivity index (χ0v) is 12.0. The summed E-state index contributed by atoms with van der Waals surface area (Å²) in [4.78, 5) is 2.65. The van der Waals surface area contributed by atoms with Crippen LogP contribution < -0.4 is 5.73 Å². The molecule has 1 aliphatic heterocycles. The monoisotopic (exact) mass is 258 g/mol. The fraction of sp³-hybridized carbons (Fsp3) is 0.647. The zero-order chi connectivity index (χ0) is 13.2. The Bertz CT molecular complexity index is 399. The molecule has 1 heterocycles. The molecule has 1 aliphatic carbocycles. The van der Waals surface area contributed by atoms with Crippen molar-refractivity contribution >= 4 is 0 Å².